The highest BCUT2D eigenvalue weighted by molar-refractivity contribution is 6.10. The highest BCUT2D eigenvalue weighted by Crippen LogP contribution is 2.52. The number of nitrogens with zero attached hydrogens (tertiary/aromatic N) is 1. The Bertz CT molecular complexity index is 1370. The Morgan fingerprint density at radius 3 is 2.35 bits per heavy atom. The Labute approximate surface area is 215 Å². The molecule has 3 fully saturated rings. The fourth-order valence-electron chi connectivity index (χ4n) is 6.88. The number of carboxylic acid groups (broad SMARTS) is 1. The van der Waals surface area contributed by atoms with Crippen LogP contribution in [0.2, 0.25) is 0 Å². The molecule has 0 radical (unpaired) electrons. The third kappa shape index (κ3) is 3.72. The number of phenols is 1. The number of carboxylic acids is 1. The van der Waals surface area contributed by atoms with E-state index in [9.17, 15) is 24.6 Å². The van der Waals surface area contributed by atoms with Crippen LogP contribution < -0.4 is 5.32 Å². The van der Waals surface area contributed by atoms with Crippen molar-refractivity contribution < 1.29 is 24.6 Å². The first-order chi connectivity index (χ1) is 17.9. The number of aromatic hydroxyl groups is 1. The van der Waals surface area contributed by atoms with Crippen molar-refractivity contribution in [3.63, 3.8) is 0 Å². The van der Waals surface area contributed by atoms with Gasteiger partial charge < -0.3 is 10.2 Å². The zero-order chi connectivity index (χ0) is 25.7. The molecule has 3 aromatic rings. The van der Waals surface area contributed by atoms with E-state index in [0.717, 1.165) is 48.4 Å². The molecule has 0 bridgehead atoms. The van der Waals surface area contributed by atoms with Gasteiger partial charge in [0, 0.05) is 18.5 Å². The molecule has 7 nitrogen and oxygen atoms in total. The lowest BCUT2D eigenvalue weighted by Gasteiger charge is -2.34. The van der Waals surface area contributed by atoms with Crippen LogP contribution in [-0.2, 0) is 20.8 Å². The summed E-state index contributed by atoms with van der Waals surface area (Å²) < 4.78 is 0. The van der Waals surface area contributed by atoms with E-state index in [4.69, 9.17) is 0 Å². The van der Waals surface area contributed by atoms with Gasteiger partial charge in [-0.05, 0) is 46.9 Å². The first-order valence-electron chi connectivity index (χ1n) is 13.0. The summed E-state index contributed by atoms with van der Waals surface area (Å²) in [5, 5.41) is 25.7. The second-order valence-electron chi connectivity index (χ2n) is 10.7. The van der Waals surface area contributed by atoms with Gasteiger partial charge in [-0.2, -0.15) is 0 Å². The quantitative estimate of drug-likeness (QED) is 0.456. The second kappa shape index (κ2) is 8.99. The van der Waals surface area contributed by atoms with Crippen molar-refractivity contribution in [2.24, 2.45) is 11.8 Å². The maximum Gasteiger partial charge on any atom is 0.325 e. The van der Waals surface area contributed by atoms with Crippen molar-refractivity contribution in [2.75, 3.05) is 0 Å². The van der Waals surface area contributed by atoms with E-state index in [1.165, 1.54) is 17.0 Å². The number of aliphatic carboxylic acids is 1. The summed E-state index contributed by atoms with van der Waals surface area (Å²) >= 11 is 0. The number of imide groups is 1. The molecule has 1 saturated carbocycles. The molecule has 190 valence electrons. The Hall–Kier alpha value is -3.71. The second-order valence-corrected chi connectivity index (χ2v) is 10.7. The fraction of sp³-hybridized carbons (Fsp3) is 0.367. The lowest BCUT2D eigenvalue weighted by Crippen LogP contribution is -2.58. The lowest BCUT2D eigenvalue weighted by molar-refractivity contribution is -0.152. The van der Waals surface area contributed by atoms with E-state index >= 15 is 0 Å². The molecular weight excluding hydrogens is 468 g/mol. The smallest absolute Gasteiger partial charge is 0.325 e. The molecule has 7 heteroatoms. The van der Waals surface area contributed by atoms with Crippen LogP contribution in [-0.4, -0.2) is 44.5 Å². The number of nitrogens with one attached hydrogen (secondary N) is 1. The van der Waals surface area contributed by atoms with Crippen LogP contribution in [0.5, 0.6) is 5.75 Å². The van der Waals surface area contributed by atoms with Gasteiger partial charge in [-0.3, -0.25) is 24.6 Å². The van der Waals surface area contributed by atoms with Gasteiger partial charge in [0.05, 0.1) is 11.8 Å². The number of hydrogen-bond donors (Lipinski definition) is 3. The van der Waals surface area contributed by atoms with E-state index in [1.54, 1.807) is 12.1 Å². The van der Waals surface area contributed by atoms with Crippen LogP contribution in [0.1, 0.15) is 49.3 Å². The van der Waals surface area contributed by atoms with Crippen molar-refractivity contribution >= 4 is 28.6 Å². The number of carbonyl (C=O) groups is 3. The Balaban J connectivity index is 1.50. The number of rotatable bonds is 5. The van der Waals surface area contributed by atoms with Crippen LogP contribution in [0.3, 0.4) is 0 Å². The van der Waals surface area contributed by atoms with E-state index in [0.29, 0.717) is 5.56 Å². The van der Waals surface area contributed by atoms with Gasteiger partial charge >= 0.3 is 5.97 Å². The predicted molar refractivity (Wildman–Crippen MR) is 138 cm³/mol. The van der Waals surface area contributed by atoms with E-state index in [1.807, 2.05) is 42.5 Å². The van der Waals surface area contributed by atoms with Crippen molar-refractivity contribution in [3.8, 4) is 5.75 Å². The summed E-state index contributed by atoms with van der Waals surface area (Å²) in [7, 11) is 0. The summed E-state index contributed by atoms with van der Waals surface area (Å²) in [4.78, 5) is 42.7. The first kappa shape index (κ1) is 23.7. The number of phenolic OH excluding ortho intramolecular Hbond substituents is 1. The van der Waals surface area contributed by atoms with E-state index in [2.05, 4.69) is 5.32 Å². The largest absolute Gasteiger partial charge is 0.508 e. The maximum atomic E-state index is 14.1. The number of benzene rings is 3. The number of likely N-dealkylation sites (tertiary alicyclic amines) is 1. The number of carbonyl (C=O) groups excluding carboxylic acids is 2. The molecule has 4 atom stereocenters. The fourth-order valence-corrected chi connectivity index (χ4v) is 6.88. The van der Waals surface area contributed by atoms with Crippen LogP contribution >= 0.6 is 0 Å². The molecule has 37 heavy (non-hydrogen) atoms. The SMILES string of the molecule is O=C1C2C(c3cccc4ccccc34)NC(Cc3ccc(O)cc3)(C(=O)O)C2C(=O)N1C1CCCCC1. The van der Waals surface area contributed by atoms with Crippen molar-refractivity contribution in [2.45, 2.75) is 56.1 Å². The van der Waals surface area contributed by atoms with Gasteiger partial charge in [0.1, 0.15) is 11.3 Å². The minimum absolute atomic E-state index is 0.0164. The molecule has 2 aliphatic heterocycles. The molecule has 0 spiro atoms. The van der Waals surface area contributed by atoms with Gasteiger partial charge in [0.15, 0.2) is 0 Å². The Kier molecular flexibility index (Phi) is 5.75. The molecule has 3 aromatic carbocycles. The summed E-state index contributed by atoms with van der Waals surface area (Å²) in [5.74, 6) is -3.55. The van der Waals surface area contributed by atoms with Crippen molar-refractivity contribution in [1.29, 1.82) is 0 Å². The van der Waals surface area contributed by atoms with Crippen LogP contribution in [0.25, 0.3) is 10.8 Å². The van der Waals surface area contributed by atoms with Gasteiger partial charge in [0.25, 0.3) is 0 Å². The molecule has 3 aliphatic rings. The van der Waals surface area contributed by atoms with Crippen LogP contribution in [0.15, 0.2) is 66.7 Å². The summed E-state index contributed by atoms with van der Waals surface area (Å²) in [5.41, 5.74) is -0.172. The number of hydrogen-bond acceptors (Lipinski definition) is 5. The molecule has 0 aromatic heterocycles. The Morgan fingerprint density at radius 2 is 1.62 bits per heavy atom. The monoisotopic (exact) mass is 498 g/mol. The van der Waals surface area contributed by atoms with E-state index < -0.39 is 29.4 Å². The number of amides is 2. The molecule has 4 unspecified atom stereocenters. The van der Waals surface area contributed by atoms with Gasteiger partial charge in [-0.1, -0.05) is 73.9 Å². The molecule has 6 rings (SSSR count). The van der Waals surface area contributed by atoms with Gasteiger partial charge in [-0.25, -0.2) is 0 Å². The van der Waals surface area contributed by atoms with Crippen LogP contribution in [0, 0.1) is 11.8 Å². The summed E-state index contributed by atoms with van der Waals surface area (Å²) in [6, 6.07) is 19.2. The maximum absolute atomic E-state index is 14.1. The standard InChI is InChI=1S/C30H30N2O5/c33-21-15-13-18(14-16-21)17-30(29(36)37)25-24(27(34)32(28(25)35)20-9-2-1-3-10-20)26(31-30)23-12-6-8-19-7-4-5-11-22(19)23/h4-8,11-16,20,24-26,31,33H,1-3,9-10,17H2,(H,36,37). The minimum atomic E-state index is -1.67. The zero-order valence-corrected chi connectivity index (χ0v) is 20.5. The minimum Gasteiger partial charge on any atom is -0.508 e. The molecule has 2 saturated heterocycles. The zero-order valence-electron chi connectivity index (χ0n) is 20.5. The highest BCUT2D eigenvalue weighted by Gasteiger charge is 2.69. The normalized spacial score (nSPS) is 28.1. The number of fused-ring (bicyclic) bond motifs is 2. The van der Waals surface area contributed by atoms with E-state index in [-0.39, 0.29) is 30.0 Å². The molecule has 1 aliphatic carbocycles. The van der Waals surface area contributed by atoms with Crippen LogP contribution in [0.4, 0.5) is 0 Å². The Morgan fingerprint density at radius 1 is 0.919 bits per heavy atom. The molecular formula is C30H30N2O5. The average molecular weight is 499 g/mol. The third-order valence-electron chi connectivity index (χ3n) is 8.59. The third-order valence-corrected chi connectivity index (χ3v) is 8.59. The highest BCUT2D eigenvalue weighted by atomic mass is 16.4. The topological polar surface area (TPSA) is 107 Å². The summed E-state index contributed by atoms with van der Waals surface area (Å²) in [6.07, 6.45) is 4.55. The van der Waals surface area contributed by atoms with Crippen molar-refractivity contribution in [1.82, 2.24) is 10.2 Å². The van der Waals surface area contributed by atoms with Gasteiger partial charge in [-0.15, -0.1) is 0 Å². The average Bonchev–Trinajstić information content (AvgIpc) is 3.39. The first-order valence-corrected chi connectivity index (χ1v) is 13.0. The molecule has 2 amide bonds. The summed E-state index contributed by atoms with van der Waals surface area (Å²) in [6.45, 7) is 0. The molecule has 2 heterocycles. The van der Waals surface area contributed by atoms with Gasteiger partial charge in [0.2, 0.25) is 11.8 Å². The predicted octanol–water partition coefficient (Wildman–Crippen LogP) is 4.19. The van der Waals surface area contributed by atoms with Crippen molar-refractivity contribution in [3.05, 3.63) is 77.9 Å². The lowest BCUT2D eigenvalue weighted by atomic mass is 9.76. The molecule has 3 N–H and O–H groups in total.